The van der Waals surface area contributed by atoms with Gasteiger partial charge in [-0.2, -0.15) is 13.2 Å². The molecule has 0 heterocycles. The molecule has 0 bridgehead atoms. The molecule has 2 rings (SSSR count). The molecule has 1 saturated carbocycles. The Hall–Kier alpha value is -1.94. The zero-order chi connectivity index (χ0) is 26.0. The summed E-state index contributed by atoms with van der Waals surface area (Å²) in [7, 11) is 0. The first-order chi connectivity index (χ1) is 16.5. The normalized spacial score (nSPS) is 23.8. The van der Waals surface area contributed by atoms with Crippen LogP contribution in [0.2, 0.25) is 0 Å². The summed E-state index contributed by atoms with van der Waals surface area (Å²) in [5.41, 5.74) is -0.258. The fraction of sp³-hybridized carbons (Fsp3) is 0.654. The molecule has 1 unspecified atom stereocenters. The topological polar surface area (TPSA) is 96.2 Å². The van der Waals surface area contributed by atoms with Gasteiger partial charge < -0.3 is 24.8 Å². The van der Waals surface area contributed by atoms with E-state index in [0.29, 0.717) is 31.2 Å². The molecular weight excluding hydrogens is 465 g/mol. The standard InChI is InChI=1S/C26H37F3O6/c1-17(2)35-24(33)11-6-4-3-5-10-21-22(31)15-23(32)25(21)34-16-20(30)13-12-18-8-7-9-19(14-18)26(27,28)29/h3,5,7-9,14,17,20-23,25,30-32H,4,6,10-13,15-16H2,1-2H3/b5-3-/t20?,21-,22-,23+,25+/m0/s1. The SMILES string of the molecule is CC(C)OC(=O)CCC/C=C\C[C@@H]1[C@@H](OCC(O)CCc2cccc(C(F)(F)F)c2)[C@H](O)C[C@@H]1O. The van der Waals surface area contributed by atoms with Crippen molar-refractivity contribution in [1.29, 1.82) is 0 Å². The fourth-order valence-electron chi connectivity index (χ4n) is 4.19. The molecule has 0 amide bonds. The van der Waals surface area contributed by atoms with E-state index in [1.54, 1.807) is 19.9 Å². The maximum absolute atomic E-state index is 12.9. The highest BCUT2D eigenvalue weighted by Crippen LogP contribution is 2.33. The van der Waals surface area contributed by atoms with E-state index in [4.69, 9.17) is 9.47 Å². The van der Waals surface area contributed by atoms with Crippen molar-refractivity contribution in [2.75, 3.05) is 6.61 Å². The van der Waals surface area contributed by atoms with Gasteiger partial charge in [0, 0.05) is 18.8 Å². The number of aryl methyl sites for hydroxylation is 1. The molecule has 5 atom stereocenters. The Bertz CT molecular complexity index is 811. The smallest absolute Gasteiger partial charge is 0.416 e. The first-order valence-electron chi connectivity index (χ1n) is 12.1. The molecule has 1 aromatic rings. The summed E-state index contributed by atoms with van der Waals surface area (Å²) in [6.45, 7) is 3.51. The van der Waals surface area contributed by atoms with Crippen molar-refractivity contribution in [2.24, 2.45) is 5.92 Å². The van der Waals surface area contributed by atoms with E-state index in [1.165, 1.54) is 6.07 Å². The number of benzene rings is 1. The number of hydrogen-bond acceptors (Lipinski definition) is 6. The number of esters is 1. The molecule has 0 aromatic heterocycles. The second-order valence-corrected chi connectivity index (χ2v) is 9.36. The van der Waals surface area contributed by atoms with E-state index in [9.17, 15) is 33.3 Å². The Morgan fingerprint density at radius 1 is 1.20 bits per heavy atom. The Morgan fingerprint density at radius 3 is 2.63 bits per heavy atom. The fourth-order valence-corrected chi connectivity index (χ4v) is 4.19. The molecule has 1 fully saturated rings. The van der Waals surface area contributed by atoms with E-state index in [-0.39, 0.29) is 43.9 Å². The van der Waals surface area contributed by atoms with Crippen LogP contribution in [0.15, 0.2) is 36.4 Å². The Labute approximate surface area is 204 Å². The summed E-state index contributed by atoms with van der Waals surface area (Å²) in [6, 6.07) is 4.99. The van der Waals surface area contributed by atoms with E-state index in [0.717, 1.165) is 12.1 Å². The summed E-state index contributed by atoms with van der Waals surface area (Å²) >= 11 is 0. The van der Waals surface area contributed by atoms with Crippen molar-refractivity contribution in [3.63, 3.8) is 0 Å². The van der Waals surface area contributed by atoms with Gasteiger partial charge in [0.25, 0.3) is 0 Å². The maximum Gasteiger partial charge on any atom is 0.416 e. The number of rotatable bonds is 13. The minimum atomic E-state index is -4.42. The zero-order valence-electron chi connectivity index (χ0n) is 20.3. The van der Waals surface area contributed by atoms with Crippen molar-refractivity contribution in [1.82, 2.24) is 0 Å². The molecule has 0 saturated heterocycles. The zero-order valence-corrected chi connectivity index (χ0v) is 20.3. The minimum absolute atomic E-state index is 0.0917. The number of ether oxygens (including phenoxy) is 2. The molecule has 1 aliphatic rings. The summed E-state index contributed by atoms with van der Waals surface area (Å²) in [4.78, 5) is 11.5. The molecule has 35 heavy (non-hydrogen) atoms. The third kappa shape index (κ3) is 10.3. The molecule has 6 nitrogen and oxygen atoms in total. The molecule has 3 N–H and O–H groups in total. The largest absolute Gasteiger partial charge is 0.463 e. The van der Waals surface area contributed by atoms with Gasteiger partial charge in [-0.15, -0.1) is 0 Å². The van der Waals surface area contributed by atoms with Gasteiger partial charge in [0.1, 0.15) is 0 Å². The maximum atomic E-state index is 12.9. The highest BCUT2D eigenvalue weighted by molar-refractivity contribution is 5.69. The monoisotopic (exact) mass is 502 g/mol. The van der Waals surface area contributed by atoms with Gasteiger partial charge in [0.05, 0.1) is 42.7 Å². The summed E-state index contributed by atoms with van der Waals surface area (Å²) < 4.78 is 49.4. The van der Waals surface area contributed by atoms with Crippen LogP contribution in [0.4, 0.5) is 13.2 Å². The third-order valence-corrected chi connectivity index (χ3v) is 5.97. The lowest BCUT2D eigenvalue weighted by Gasteiger charge is -2.24. The van der Waals surface area contributed by atoms with E-state index >= 15 is 0 Å². The van der Waals surface area contributed by atoms with Crippen LogP contribution in [-0.4, -0.2) is 58.4 Å². The van der Waals surface area contributed by atoms with Crippen LogP contribution >= 0.6 is 0 Å². The highest BCUT2D eigenvalue weighted by atomic mass is 19.4. The number of allylic oxidation sites excluding steroid dienone is 2. The number of aliphatic hydroxyl groups is 3. The van der Waals surface area contributed by atoms with Crippen LogP contribution in [0.5, 0.6) is 0 Å². The molecule has 0 spiro atoms. The first-order valence-corrected chi connectivity index (χ1v) is 12.1. The second kappa shape index (κ2) is 14.0. The van der Waals surface area contributed by atoms with Crippen molar-refractivity contribution < 1.29 is 42.8 Å². The Morgan fingerprint density at radius 2 is 1.94 bits per heavy atom. The van der Waals surface area contributed by atoms with Crippen molar-refractivity contribution in [2.45, 2.75) is 95.5 Å². The number of carbonyl (C=O) groups is 1. The van der Waals surface area contributed by atoms with Crippen molar-refractivity contribution >= 4 is 5.97 Å². The van der Waals surface area contributed by atoms with Crippen molar-refractivity contribution in [3.8, 4) is 0 Å². The van der Waals surface area contributed by atoms with E-state index in [2.05, 4.69) is 0 Å². The van der Waals surface area contributed by atoms with Crippen LogP contribution in [0.25, 0.3) is 0 Å². The average molecular weight is 503 g/mol. The van der Waals surface area contributed by atoms with Crippen LogP contribution in [0.3, 0.4) is 0 Å². The number of unbranched alkanes of at least 4 members (excludes halogenated alkanes) is 1. The lowest BCUT2D eigenvalue weighted by Crippen LogP contribution is -2.33. The van der Waals surface area contributed by atoms with Crippen LogP contribution < -0.4 is 0 Å². The Balaban J connectivity index is 1.76. The summed E-state index contributed by atoms with van der Waals surface area (Å²) in [5.74, 6) is -0.578. The summed E-state index contributed by atoms with van der Waals surface area (Å²) in [5, 5.41) is 30.9. The third-order valence-electron chi connectivity index (χ3n) is 5.97. The van der Waals surface area contributed by atoms with Crippen LogP contribution in [-0.2, 0) is 26.9 Å². The van der Waals surface area contributed by atoms with Gasteiger partial charge >= 0.3 is 12.1 Å². The van der Waals surface area contributed by atoms with E-state index < -0.39 is 36.2 Å². The van der Waals surface area contributed by atoms with Crippen LogP contribution in [0, 0.1) is 5.92 Å². The Kier molecular flexibility index (Phi) is 11.7. The molecule has 0 radical (unpaired) electrons. The molecule has 1 aromatic carbocycles. The van der Waals surface area contributed by atoms with Gasteiger partial charge in [0.2, 0.25) is 0 Å². The number of alkyl halides is 3. The lowest BCUT2D eigenvalue weighted by molar-refractivity contribution is -0.147. The average Bonchev–Trinajstić information content (AvgIpc) is 3.04. The molecule has 0 aliphatic heterocycles. The van der Waals surface area contributed by atoms with Crippen LogP contribution in [0.1, 0.15) is 63.5 Å². The second-order valence-electron chi connectivity index (χ2n) is 9.36. The highest BCUT2D eigenvalue weighted by Gasteiger charge is 2.42. The quantitative estimate of drug-likeness (QED) is 0.213. The molecule has 198 valence electrons. The predicted octanol–water partition coefficient (Wildman–Crippen LogP) is 4.19. The number of aliphatic hydroxyl groups excluding tert-OH is 3. The first kappa shape index (κ1) is 29.3. The number of halogens is 3. The van der Waals surface area contributed by atoms with Gasteiger partial charge in [-0.3, -0.25) is 4.79 Å². The van der Waals surface area contributed by atoms with Gasteiger partial charge in [-0.1, -0.05) is 30.4 Å². The lowest BCUT2D eigenvalue weighted by atomic mass is 9.98. The number of carbonyl (C=O) groups excluding carboxylic acids is 1. The van der Waals surface area contributed by atoms with Gasteiger partial charge in [-0.25, -0.2) is 0 Å². The van der Waals surface area contributed by atoms with Gasteiger partial charge in [-0.05, 0) is 57.6 Å². The van der Waals surface area contributed by atoms with Crippen molar-refractivity contribution in [3.05, 3.63) is 47.5 Å². The molecular formula is C26H37F3O6. The predicted molar refractivity (Wildman–Crippen MR) is 124 cm³/mol. The minimum Gasteiger partial charge on any atom is -0.463 e. The number of hydrogen-bond donors (Lipinski definition) is 3. The van der Waals surface area contributed by atoms with E-state index in [1.807, 2.05) is 12.2 Å². The summed E-state index contributed by atoms with van der Waals surface area (Å²) in [6.07, 6.45) is -1.18. The molecule has 9 heteroatoms. The molecule has 1 aliphatic carbocycles. The van der Waals surface area contributed by atoms with Gasteiger partial charge in [0.15, 0.2) is 0 Å².